The monoisotopic (exact) mass is 249 g/mol. The smallest absolute Gasteiger partial charge is 0.371 e. The lowest BCUT2D eigenvalue weighted by Gasteiger charge is -2.02. The number of carbonyl (C=O) groups is 1. The highest BCUT2D eigenvalue weighted by molar-refractivity contribution is 5.84. The number of carboxylic acid groups (broad SMARTS) is 1. The molecule has 1 N–H and O–H groups in total. The molecule has 7 nitrogen and oxygen atoms in total. The molecule has 0 saturated heterocycles. The number of nitro benzene ring substituents is 1. The van der Waals surface area contributed by atoms with E-state index in [9.17, 15) is 14.9 Å². The third-order valence-corrected chi connectivity index (χ3v) is 2.06. The molecule has 0 aliphatic heterocycles. The number of aromatic carboxylic acids is 1. The van der Waals surface area contributed by atoms with Gasteiger partial charge in [0, 0.05) is 12.1 Å². The van der Waals surface area contributed by atoms with Crippen molar-refractivity contribution in [1.29, 1.82) is 0 Å². The fraction of sp³-hybridized carbons (Fsp3) is 0. The molecule has 0 amide bonds. The fourth-order valence-corrected chi connectivity index (χ4v) is 1.29. The third kappa shape index (κ3) is 2.29. The number of nitrogens with zero attached hydrogens (tertiary/aromatic N) is 1. The van der Waals surface area contributed by atoms with Crippen molar-refractivity contribution in [2.45, 2.75) is 0 Å². The number of para-hydroxylation sites is 2. The summed E-state index contributed by atoms with van der Waals surface area (Å²) in [6.07, 6.45) is 0. The van der Waals surface area contributed by atoms with Crippen LogP contribution in [0.1, 0.15) is 10.6 Å². The molecule has 0 spiro atoms. The summed E-state index contributed by atoms with van der Waals surface area (Å²) >= 11 is 0. The minimum atomic E-state index is -1.24. The highest BCUT2D eigenvalue weighted by atomic mass is 16.6. The molecule has 0 saturated carbocycles. The van der Waals surface area contributed by atoms with Crippen LogP contribution in [0.15, 0.2) is 40.8 Å². The van der Waals surface area contributed by atoms with Crippen molar-refractivity contribution in [2.24, 2.45) is 0 Å². The number of nitro groups is 1. The van der Waals surface area contributed by atoms with Crippen molar-refractivity contribution in [3.05, 3.63) is 52.3 Å². The van der Waals surface area contributed by atoms with Crippen LogP contribution in [0.3, 0.4) is 0 Å². The summed E-state index contributed by atoms with van der Waals surface area (Å²) in [5.74, 6) is -1.69. The van der Waals surface area contributed by atoms with Gasteiger partial charge in [0.2, 0.25) is 11.5 Å². The van der Waals surface area contributed by atoms with Crippen LogP contribution in [-0.4, -0.2) is 16.0 Å². The highest BCUT2D eigenvalue weighted by Gasteiger charge is 2.17. The van der Waals surface area contributed by atoms with E-state index >= 15 is 0 Å². The molecular formula is C11H7NO6. The van der Waals surface area contributed by atoms with Crippen LogP contribution in [-0.2, 0) is 0 Å². The van der Waals surface area contributed by atoms with Crippen molar-refractivity contribution in [3.8, 4) is 11.7 Å². The second kappa shape index (κ2) is 4.58. The average molecular weight is 249 g/mol. The molecule has 0 fully saturated rings. The van der Waals surface area contributed by atoms with E-state index in [1.165, 1.54) is 30.3 Å². The molecule has 0 bridgehead atoms. The molecule has 92 valence electrons. The normalized spacial score (nSPS) is 10.0. The standard InChI is InChI=1S/C11H7NO6/c13-11(14)9-5-6-10(18-9)17-8-4-2-1-3-7(8)12(15)16/h1-6H,(H,13,14). The number of rotatable bonds is 4. The number of hydrogen-bond acceptors (Lipinski definition) is 5. The number of carboxylic acids is 1. The van der Waals surface area contributed by atoms with Crippen LogP contribution < -0.4 is 4.74 Å². The van der Waals surface area contributed by atoms with Crippen molar-refractivity contribution in [1.82, 2.24) is 0 Å². The Labute approximate surface area is 100 Å². The van der Waals surface area contributed by atoms with Gasteiger partial charge in [-0.05, 0) is 12.1 Å². The van der Waals surface area contributed by atoms with Gasteiger partial charge in [-0.2, -0.15) is 0 Å². The van der Waals surface area contributed by atoms with Crippen LogP contribution in [0.4, 0.5) is 5.69 Å². The lowest BCUT2D eigenvalue weighted by Crippen LogP contribution is -1.93. The Morgan fingerprint density at radius 1 is 1.28 bits per heavy atom. The highest BCUT2D eigenvalue weighted by Crippen LogP contribution is 2.31. The van der Waals surface area contributed by atoms with Gasteiger partial charge in [-0.1, -0.05) is 12.1 Å². The Bertz CT molecular complexity index is 603. The average Bonchev–Trinajstić information content (AvgIpc) is 2.78. The zero-order valence-electron chi connectivity index (χ0n) is 8.90. The molecule has 2 rings (SSSR count). The predicted molar refractivity (Wildman–Crippen MR) is 58.8 cm³/mol. The summed E-state index contributed by atoms with van der Waals surface area (Å²) in [5.41, 5.74) is -0.231. The number of hydrogen-bond donors (Lipinski definition) is 1. The van der Waals surface area contributed by atoms with Crippen molar-refractivity contribution in [2.75, 3.05) is 0 Å². The second-order valence-electron chi connectivity index (χ2n) is 3.25. The van der Waals surface area contributed by atoms with E-state index in [1.807, 2.05) is 0 Å². The van der Waals surface area contributed by atoms with Gasteiger partial charge >= 0.3 is 11.7 Å². The maximum Gasteiger partial charge on any atom is 0.371 e. The van der Waals surface area contributed by atoms with Crippen LogP contribution in [0, 0.1) is 10.1 Å². The molecule has 1 aromatic heterocycles. The van der Waals surface area contributed by atoms with E-state index in [2.05, 4.69) is 0 Å². The van der Waals surface area contributed by atoms with Crippen LogP contribution in [0.25, 0.3) is 0 Å². The molecule has 0 unspecified atom stereocenters. The first-order valence-corrected chi connectivity index (χ1v) is 4.82. The van der Waals surface area contributed by atoms with E-state index in [4.69, 9.17) is 14.3 Å². The van der Waals surface area contributed by atoms with E-state index in [1.54, 1.807) is 6.07 Å². The van der Waals surface area contributed by atoms with Gasteiger partial charge in [0.05, 0.1) is 4.92 Å². The van der Waals surface area contributed by atoms with E-state index in [0.29, 0.717) is 0 Å². The minimum absolute atomic E-state index is 0.0196. The van der Waals surface area contributed by atoms with E-state index in [0.717, 1.165) is 0 Å². The summed E-state index contributed by atoms with van der Waals surface area (Å²) in [6.45, 7) is 0. The first kappa shape index (κ1) is 11.6. The molecule has 1 heterocycles. The molecule has 2 aromatic rings. The summed E-state index contributed by atoms with van der Waals surface area (Å²) in [5, 5.41) is 19.4. The summed E-state index contributed by atoms with van der Waals surface area (Å²) in [7, 11) is 0. The largest absolute Gasteiger partial charge is 0.475 e. The molecule has 0 aliphatic carbocycles. The molecule has 0 atom stereocenters. The van der Waals surface area contributed by atoms with Gasteiger partial charge < -0.3 is 14.3 Å². The number of ether oxygens (including phenoxy) is 1. The van der Waals surface area contributed by atoms with E-state index < -0.39 is 10.9 Å². The van der Waals surface area contributed by atoms with Crippen molar-refractivity contribution >= 4 is 11.7 Å². The van der Waals surface area contributed by atoms with Gasteiger partial charge in [-0.25, -0.2) is 4.79 Å². The van der Waals surface area contributed by atoms with Gasteiger partial charge in [0.15, 0.2) is 0 Å². The molecule has 0 radical (unpaired) electrons. The zero-order valence-corrected chi connectivity index (χ0v) is 8.90. The van der Waals surface area contributed by atoms with Crippen LogP contribution in [0.2, 0.25) is 0 Å². The van der Waals surface area contributed by atoms with Crippen LogP contribution in [0.5, 0.6) is 11.7 Å². The summed E-state index contributed by atoms with van der Waals surface area (Å²) in [6, 6.07) is 8.20. The summed E-state index contributed by atoms with van der Waals surface area (Å²) < 4.78 is 9.97. The number of benzene rings is 1. The Hall–Kier alpha value is -2.83. The Morgan fingerprint density at radius 2 is 2.00 bits per heavy atom. The van der Waals surface area contributed by atoms with Gasteiger partial charge in [0.1, 0.15) is 0 Å². The number of furan rings is 1. The SMILES string of the molecule is O=C(O)c1ccc(Oc2ccccc2[N+](=O)[O-])o1. The predicted octanol–water partition coefficient (Wildman–Crippen LogP) is 2.68. The lowest BCUT2D eigenvalue weighted by molar-refractivity contribution is -0.385. The summed E-state index contributed by atoms with van der Waals surface area (Å²) in [4.78, 5) is 20.7. The Kier molecular flexibility index (Phi) is 2.96. The second-order valence-corrected chi connectivity index (χ2v) is 3.25. The molecule has 1 aromatic carbocycles. The maximum absolute atomic E-state index is 10.7. The zero-order chi connectivity index (χ0) is 13.1. The van der Waals surface area contributed by atoms with Gasteiger partial charge in [0.25, 0.3) is 5.95 Å². The van der Waals surface area contributed by atoms with Crippen molar-refractivity contribution in [3.63, 3.8) is 0 Å². The first-order valence-electron chi connectivity index (χ1n) is 4.82. The van der Waals surface area contributed by atoms with Gasteiger partial charge in [-0.15, -0.1) is 0 Å². The topological polar surface area (TPSA) is 103 Å². The molecule has 18 heavy (non-hydrogen) atoms. The Balaban J connectivity index is 2.28. The van der Waals surface area contributed by atoms with E-state index in [-0.39, 0.29) is 23.1 Å². The van der Waals surface area contributed by atoms with Crippen LogP contribution >= 0.6 is 0 Å². The molecule has 7 heteroatoms. The third-order valence-electron chi connectivity index (χ3n) is 2.06. The fourth-order valence-electron chi connectivity index (χ4n) is 1.29. The minimum Gasteiger partial charge on any atom is -0.475 e. The quantitative estimate of drug-likeness (QED) is 0.659. The van der Waals surface area contributed by atoms with Crippen molar-refractivity contribution < 1.29 is 24.0 Å². The maximum atomic E-state index is 10.7. The molecule has 0 aliphatic rings. The first-order chi connectivity index (χ1) is 8.58. The Morgan fingerprint density at radius 3 is 2.61 bits per heavy atom. The van der Waals surface area contributed by atoms with Gasteiger partial charge in [-0.3, -0.25) is 10.1 Å². The lowest BCUT2D eigenvalue weighted by atomic mass is 10.3. The molecular weight excluding hydrogens is 242 g/mol.